The maximum atomic E-state index is 12.8. The van der Waals surface area contributed by atoms with E-state index in [1.807, 2.05) is 18.2 Å². The van der Waals surface area contributed by atoms with E-state index in [0.29, 0.717) is 22.0 Å². The molecule has 3 amide bonds. The predicted molar refractivity (Wildman–Crippen MR) is 118 cm³/mol. The third-order valence-corrected chi connectivity index (χ3v) is 4.65. The lowest BCUT2D eigenvalue weighted by molar-refractivity contribution is -0.135. The third kappa shape index (κ3) is 7.01. The van der Waals surface area contributed by atoms with E-state index in [4.69, 9.17) is 16.0 Å². The van der Waals surface area contributed by atoms with E-state index in [2.05, 4.69) is 10.6 Å². The van der Waals surface area contributed by atoms with Crippen LogP contribution in [0.2, 0.25) is 5.02 Å². The second kappa shape index (κ2) is 11.0. The van der Waals surface area contributed by atoms with Crippen molar-refractivity contribution in [3.05, 3.63) is 89.3 Å². The van der Waals surface area contributed by atoms with Gasteiger partial charge in [0.25, 0.3) is 5.91 Å². The molecule has 7 nitrogen and oxygen atoms in total. The monoisotopic (exact) mass is 439 g/mol. The Hall–Kier alpha value is -3.58. The van der Waals surface area contributed by atoms with Gasteiger partial charge in [0, 0.05) is 29.2 Å². The summed E-state index contributed by atoms with van der Waals surface area (Å²) in [7, 11) is 0. The van der Waals surface area contributed by atoms with Crippen molar-refractivity contribution in [3.63, 3.8) is 0 Å². The lowest BCUT2D eigenvalue weighted by Gasteiger charge is -2.21. The second-order valence-electron chi connectivity index (χ2n) is 6.76. The van der Waals surface area contributed by atoms with Gasteiger partial charge in [0.15, 0.2) is 0 Å². The van der Waals surface area contributed by atoms with E-state index < -0.39 is 0 Å². The fourth-order valence-corrected chi connectivity index (χ4v) is 2.99. The highest BCUT2D eigenvalue weighted by Crippen LogP contribution is 2.11. The first kappa shape index (κ1) is 22.1. The second-order valence-corrected chi connectivity index (χ2v) is 7.19. The van der Waals surface area contributed by atoms with Crippen molar-refractivity contribution in [3.8, 4) is 0 Å². The van der Waals surface area contributed by atoms with Gasteiger partial charge < -0.3 is 20.0 Å². The minimum atomic E-state index is -0.323. The molecular weight excluding hydrogens is 418 g/mol. The van der Waals surface area contributed by atoms with Crippen LogP contribution < -0.4 is 10.6 Å². The molecule has 0 aliphatic rings. The van der Waals surface area contributed by atoms with E-state index in [0.717, 1.165) is 0 Å². The molecule has 2 aromatic carbocycles. The van der Waals surface area contributed by atoms with Gasteiger partial charge >= 0.3 is 0 Å². The summed E-state index contributed by atoms with van der Waals surface area (Å²) < 4.78 is 5.32. The molecule has 0 aliphatic heterocycles. The van der Waals surface area contributed by atoms with Crippen LogP contribution in [0.4, 0.5) is 5.69 Å². The van der Waals surface area contributed by atoms with Gasteiger partial charge in [-0.25, -0.2) is 0 Å². The van der Waals surface area contributed by atoms with Crippen molar-refractivity contribution in [2.75, 3.05) is 18.4 Å². The highest BCUT2D eigenvalue weighted by molar-refractivity contribution is 6.30. The van der Waals surface area contributed by atoms with Crippen molar-refractivity contribution in [2.24, 2.45) is 0 Å². The lowest BCUT2D eigenvalue weighted by atomic mass is 10.2. The van der Waals surface area contributed by atoms with Crippen LogP contribution >= 0.6 is 11.6 Å². The lowest BCUT2D eigenvalue weighted by Crippen LogP contribution is -2.39. The smallest absolute Gasteiger partial charge is 0.251 e. The molecule has 0 saturated carbocycles. The number of carbonyl (C=O) groups is 3. The highest BCUT2D eigenvalue weighted by atomic mass is 35.5. The van der Waals surface area contributed by atoms with Crippen LogP contribution in [0.1, 0.15) is 22.5 Å². The predicted octanol–water partition coefficient (Wildman–Crippen LogP) is 3.72. The van der Waals surface area contributed by atoms with E-state index in [1.54, 1.807) is 48.5 Å². The number of anilines is 1. The Morgan fingerprint density at radius 3 is 2.35 bits per heavy atom. The Morgan fingerprint density at radius 2 is 1.68 bits per heavy atom. The molecule has 0 aliphatic carbocycles. The van der Waals surface area contributed by atoms with E-state index in [-0.39, 0.29) is 43.8 Å². The molecule has 0 bridgehead atoms. The molecule has 0 saturated heterocycles. The summed E-state index contributed by atoms with van der Waals surface area (Å²) in [5.74, 6) is -0.345. The SMILES string of the molecule is O=C(CN(Cc1ccco1)C(=O)CCNC(=O)c1ccc(Cl)cc1)Nc1ccccc1. The Kier molecular flexibility index (Phi) is 7.84. The van der Waals surface area contributed by atoms with Crippen molar-refractivity contribution < 1.29 is 18.8 Å². The van der Waals surface area contributed by atoms with Gasteiger partial charge in [-0.2, -0.15) is 0 Å². The molecule has 2 N–H and O–H groups in total. The number of halogens is 1. The summed E-state index contributed by atoms with van der Waals surface area (Å²) in [5.41, 5.74) is 1.10. The molecule has 1 heterocycles. The van der Waals surface area contributed by atoms with Crippen LogP contribution in [-0.2, 0) is 16.1 Å². The molecule has 3 aromatic rings. The van der Waals surface area contributed by atoms with Crippen molar-refractivity contribution in [1.82, 2.24) is 10.2 Å². The zero-order valence-corrected chi connectivity index (χ0v) is 17.5. The number of para-hydroxylation sites is 1. The molecular formula is C23H22ClN3O4. The zero-order chi connectivity index (χ0) is 22.1. The molecule has 0 fully saturated rings. The maximum Gasteiger partial charge on any atom is 0.251 e. The maximum absolute atomic E-state index is 12.8. The molecule has 31 heavy (non-hydrogen) atoms. The topological polar surface area (TPSA) is 91.7 Å². The normalized spacial score (nSPS) is 10.4. The summed E-state index contributed by atoms with van der Waals surface area (Å²) in [4.78, 5) is 38.8. The van der Waals surface area contributed by atoms with Crippen molar-refractivity contribution in [2.45, 2.75) is 13.0 Å². The van der Waals surface area contributed by atoms with E-state index in [1.165, 1.54) is 11.2 Å². The van der Waals surface area contributed by atoms with Gasteiger partial charge in [0.05, 0.1) is 12.8 Å². The van der Waals surface area contributed by atoms with Crippen molar-refractivity contribution in [1.29, 1.82) is 0 Å². The van der Waals surface area contributed by atoms with Crippen LogP contribution in [0, 0.1) is 0 Å². The molecule has 0 radical (unpaired) electrons. The summed E-state index contributed by atoms with van der Waals surface area (Å²) >= 11 is 5.83. The van der Waals surface area contributed by atoms with Gasteiger partial charge in [-0.3, -0.25) is 14.4 Å². The number of rotatable bonds is 9. The van der Waals surface area contributed by atoms with Gasteiger partial charge in [-0.05, 0) is 48.5 Å². The van der Waals surface area contributed by atoms with Gasteiger partial charge in [0.1, 0.15) is 12.3 Å². The number of hydrogen-bond donors (Lipinski definition) is 2. The van der Waals surface area contributed by atoms with Crippen LogP contribution in [0.5, 0.6) is 0 Å². The number of amides is 3. The van der Waals surface area contributed by atoms with Crippen LogP contribution in [-0.4, -0.2) is 35.7 Å². The molecule has 3 rings (SSSR count). The average molecular weight is 440 g/mol. The van der Waals surface area contributed by atoms with Gasteiger partial charge in [0.2, 0.25) is 11.8 Å². The Bertz CT molecular complexity index is 1010. The molecule has 0 spiro atoms. The number of nitrogens with zero attached hydrogens (tertiary/aromatic N) is 1. The zero-order valence-electron chi connectivity index (χ0n) is 16.7. The molecule has 160 valence electrons. The number of furan rings is 1. The van der Waals surface area contributed by atoms with E-state index in [9.17, 15) is 14.4 Å². The fraction of sp³-hybridized carbons (Fsp3) is 0.174. The van der Waals surface area contributed by atoms with Gasteiger partial charge in [-0.15, -0.1) is 0 Å². The van der Waals surface area contributed by atoms with Gasteiger partial charge in [-0.1, -0.05) is 29.8 Å². The first-order valence-electron chi connectivity index (χ1n) is 9.70. The summed E-state index contributed by atoms with van der Waals surface area (Å²) in [6.07, 6.45) is 1.55. The standard InChI is InChI=1S/C23H22ClN3O4/c24-18-10-8-17(9-11-18)23(30)25-13-12-22(29)27(15-20-7-4-14-31-20)16-21(28)26-19-5-2-1-3-6-19/h1-11,14H,12-13,15-16H2,(H,25,30)(H,26,28). The molecule has 0 unspecified atom stereocenters. The first-order chi connectivity index (χ1) is 15.0. The fourth-order valence-electron chi connectivity index (χ4n) is 2.86. The quantitative estimate of drug-likeness (QED) is 0.531. The minimum absolute atomic E-state index is 0.0403. The van der Waals surface area contributed by atoms with Crippen molar-refractivity contribution >= 4 is 35.0 Å². The largest absolute Gasteiger partial charge is 0.467 e. The van der Waals surface area contributed by atoms with Crippen LogP contribution in [0.25, 0.3) is 0 Å². The summed E-state index contributed by atoms with van der Waals surface area (Å²) in [6.45, 7) is 0.147. The Morgan fingerprint density at radius 1 is 0.935 bits per heavy atom. The minimum Gasteiger partial charge on any atom is -0.467 e. The first-order valence-corrected chi connectivity index (χ1v) is 10.1. The van der Waals surface area contributed by atoms with E-state index >= 15 is 0 Å². The third-order valence-electron chi connectivity index (χ3n) is 4.40. The van der Waals surface area contributed by atoms with Crippen LogP contribution in [0.15, 0.2) is 77.4 Å². The average Bonchev–Trinajstić information content (AvgIpc) is 3.27. The molecule has 0 atom stereocenters. The number of hydrogen-bond acceptors (Lipinski definition) is 4. The molecule has 1 aromatic heterocycles. The Balaban J connectivity index is 1.56. The summed E-state index contributed by atoms with van der Waals surface area (Å²) in [6, 6.07) is 18.9. The number of nitrogens with one attached hydrogen (secondary N) is 2. The molecule has 8 heteroatoms. The Labute approximate surface area is 185 Å². The van der Waals surface area contributed by atoms with Crippen LogP contribution in [0.3, 0.4) is 0 Å². The summed E-state index contributed by atoms with van der Waals surface area (Å²) in [5, 5.41) is 6.00. The number of carbonyl (C=O) groups excluding carboxylic acids is 3. The highest BCUT2D eigenvalue weighted by Gasteiger charge is 2.19. The number of benzene rings is 2.